The first-order valence-electron chi connectivity index (χ1n) is 5.11. The zero-order chi connectivity index (χ0) is 13.1. The Kier molecular flexibility index (Phi) is 3.38. The van der Waals surface area contributed by atoms with Gasteiger partial charge in [-0.2, -0.15) is 11.3 Å². The summed E-state index contributed by atoms with van der Waals surface area (Å²) >= 11 is 1.46. The molecule has 5 nitrogen and oxygen atoms in total. The summed E-state index contributed by atoms with van der Waals surface area (Å²) in [6.07, 6.45) is 1.32. The first kappa shape index (κ1) is 12.3. The number of hydrogen-bond donors (Lipinski definition) is 2. The lowest BCUT2D eigenvalue weighted by molar-refractivity contribution is 0.0690. The van der Waals surface area contributed by atoms with E-state index in [2.05, 4.69) is 10.3 Å². The van der Waals surface area contributed by atoms with Crippen LogP contribution in [0.1, 0.15) is 26.4 Å². The first-order chi connectivity index (χ1) is 8.58. The van der Waals surface area contributed by atoms with Gasteiger partial charge >= 0.3 is 5.97 Å². The van der Waals surface area contributed by atoms with Gasteiger partial charge in [-0.3, -0.25) is 4.79 Å². The van der Waals surface area contributed by atoms with Gasteiger partial charge in [0.2, 0.25) is 0 Å². The van der Waals surface area contributed by atoms with Gasteiger partial charge in [-0.05, 0) is 30.0 Å². The summed E-state index contributed by atoms with van der Waals surface area (Å²) in [5.74, 6) is -1.32. The van der Waals surface area contributed by atoms with Crippen LogP contribution in [0, 0.1) is 6.92 Å². The average molecular weight is 262 g/mol. The summed E-state index contributed by atoms with van der Waals surface area (Å²) in [6, 6.07) is 2.86. The number of aromatic nitrogens is 1. The first-order valence-corrected chi connectivity index (χ1v) is 6.05. The molecule has 0 aliphatic heterocycles. The molecule has 0 aromatic carbocycles. The van der Waals surface area contributed by atoms with E-state index in [1.807, 2.05) is 12.3 Å². The predicted molar refractivity (Wildman–Crippen MR) is 68.2 cm³/mol. The second-order valence-electron chi connectivity index (χ2n) is 3.66. The third kappa shape index (κ3) is 2.54. The van der Waals surface area contributed by atoms with Gasteiger partial charge in [0.05, 0.1) is 17.4 Å². The molecule has 0 radical (unpaired) electrons. The largest absolute Gasteiger partial charge is 0.477 e. The molecule has 0 aliphatic carbocycles. The molecule has 0 unspecified atom stereocenters. The fraction of sp³-hybridized carbons (Fsp3) is 0.0833. The maximum absolute atomic E-state index is 11.9. The average Bonchev–Trinajstić information content (AvgIpc) is 2.76. The van der Waals surface area contributed by atoms with Crippen LogP contribution in [0.4, 0.5) is 5.69 Å². The molecule has 2 heterocycles. The highest BCUT2D eigenvalue weighted by molar-refractivity contribution is 7.08. The fourth-order valence-electron chi connectivity index (χ4n) is 1.39. The molecule has 2 rings (SSSR count). The minimum atomic E-state index is -1.10. The highest BCUT2D eigenvalue weighted by Gasteiger charge is 2.10. The number of amides is 1. The van der Waals surface area contributed by atoms with Crippen LogP contribution >= 0.6 is 11.3 Å². The number of carboxylic acid groups (broad SMARTS) is 1. The standard InChI is InChI=1S/C12H10N2O3S/c1-7-5-18-6-9(7)11(15)14-8-2-3-10(12(16)17)13-4-8/h2-6H,1H3,(H,14,15)(H,16,17). The number of carbonyl (C=O) groups excluding carboxylic acids is 1. The zero-order valence-corrected chi connectivity index (χ0v) is 10.3. The van der Waals surface area contributed by atoms with Crippen LogP contribution in [0.25, 0.3) is 0 Å². The molecule has 0 saturated carbocycles. The van der Waals surface area contributed by atoms with Crippen molar-refractivity contribution < 1.29 is 14.7 Å². The van der Waals surface area contributed by atoms with Gasteiger partial charge in [0.25, 0.3) is 5.91 Å². The highest BCUT2D eigenvalue weighted by atomic mass is 32.1. The number of hydrogen-bond acceptors (Lipinski definition) is 4. The minimum absolute atomic E-state index is 0.0558. The van der Waals surface area contributed by atoms with Crippen molar-refractivity contribution in [2.45, 2.75) is 6.92 Å². The number of aromatic carboxylic acids is 1. The third-order valence-corrected chi connectivity index (χ3v) is 3.20. The molecule has 2 aromatic heterocycles. The second kappa shape index (κ2) is 4.97. The normalized spacial score (nSPS) is 10.1. The van der Waals surface area contributed by atoms with E-state index in [0.717, 1.165) is 5.56 Å². The van der Waals surface area contributed by atoms with E-state index in [0.29, 0.717) is 11.3 Å². The maximum Gasteiger partial charge on any atom is 0.354 e. The number of thiophene rings is 1. The van der Waals surface area contributed by atoms with Crippen molar-refractivity contribution >= 4 is 28.9 Å². The highest BCUT2D eigenvalue weighted by Crippen LogP contribution is 2.16. The predicted octanol–water partition coefficient (Wildman–Crippen LogP) is 2.40. The monoisotopic (exact) mass is 262 g/mol. The van der Waals surface area contributed by atoms with E-state index in [-0.39, 0.29) is 11.6 Å². The molecule has 0 fully saturated rings. The zero-order valence-electron chi connectivity index (χ0n) is 9.51. The van der Waals surface area contributed by atoms with Crippen molar-refractivity contribution in [3.63, 3.8) is 0 Å². The Morgan fingerprint density at radius 3 is 2.61 bits per heavy atom. The number of nitrogens with zero attached hydrogens (tertiary/aromatic N) is 1. The third-order valence-electron chi connectivity index (χ3n) is 2.34. The van der Waals surface area contributed by atoms with Crippen LogP contribution < -0.4 is 5.32 Å². The summed E-state index contributed by atoms with van der Waals surface area (Å²) in [5, 5.41) is 15.0. The van der Waals surface area contributed by atoms with Gasteiger partial charge in [-0.25, -0.2) is 9.78 Å². The van der Waals surface area contributed by atoms with Crippen LogP contribution in [-0.4, -0.2) is 22.0 Å². The van der Waals surface area contributed by atoms with E-state index in [4.69, 9.17) is 5.11 Å². The van der Waals surface area contributed by atoms with Gasteiger partial charge in [0.15, 0.2) is 0 Å². The number of anilines is 1. The van der Waals surface area contributed by atoms with Crippen LogP contribution in [0.3, 0.4) is 0 Å². The van der Waals surface area contributed by atoms with Gasteiger partial charge in [0, 0.05) is 5.38 Å². The van der Waals surface area contributed by atoms with E-state index in [1.165, 1.54) is 29.7 Å². The van der Waals surface area contributed by atoms with Crippen molar-refractivity contribution in [3.05, 3.63) is 45.9 Å². The Bertz CT molecular complexity index is 590. The summed E-state index contributed by atoms with van der Waals surface area (Å²) in [6.45, 7) is 1.86. The van der Waals surface area contributed by atoms with Crippen molar-refractivity contribution in [3.8, 4) is 0 Å². The lowest BCUT2D eigenvalue weighted by Gasteiger charge is -2.04. The Morgan fingerprint density at radius 2 is 2.11 bits per heavy atom. The summed E-state index contributed by atoms with van der Waals surface area (Å²) in [7, 11) is 0. The fourth-order valence-corrected chi connectivity index (χ4v) is 2.21. The molecule has 0 bridgehead atoms. The second-order valence-corrected chi connectivity index (χ2v) is 4.40. The lowest BCUT2D eigenvalue weighted by Crippen LogP contribution is -2.12. The smallest absolute Gasteiger partial charge is 0.354 e. The van der Waals surface area contributed by atoms with E-state index in [9.17, 15) is 9.59 Å². The van der Waals surface area contributed by atoms with Gasteiger partial charge in [0.1, 0.15) is 5.69 Å². The topological polar surface area (TPSA) is 79.3 Å². The van der Waals surface area contributed by atoms with Crippen LogP contribution in [0.15, 0.2) is 29.1 Å². The van der Waals surface area contributed by atoms with Crippen molar-refractivity contribution in [1.82, 2.24) is 4.98 Å². The molecular formula is C12H10N2O3S. The molecule has 0 aliphatic rings. The Morgan fingerprint density at radius 1 is 1.33 bits per heavy atom. The quantitative estimate of drug-likeness (QED) is 0.890. The number of aryl methyl sites for hydroxylation is 1. The van der Waals surface area contributed by atoms with Crippen molar-refractivity contribution in [2.75, 3.05) is 5.32 Å². The maximum atomic E-state index is 11.9. The molecule has 18 heavy (non-hydrogen) atoms. The SMILES string of the molecule is Cc1cscc1C(=O)Nc1ccc(C(=O)O)nc1. The molecule has 2 aromatic rings. The lowest BCUT2D eigenvalue weighted by atomic mass is 10.2. The van der Waals surface area contributed by atoms with Crippen molar-refractivity contribution in [1.29, 1.82) is 0 Å². The Labute approximate surface area is 107 Å². The van der Waals surface area contributed by atoms with Crippen LogP contribution in [0.5, 0.6) is 0 Å². The van der Waals surface area contributed by atoms with Gasteiger partial charge in [-0.15, -0.1) is 0 Å². The van der Waals surface area contributed by atoms with E-state index in [1.54, 1.807) is 5.38 Å². The van der Waals surface area contributed by atoms with Gasteiger partial charge < -0.3 is 10.4 Å². The van der Waals surface area contributed by atoms with Crippen LogP contribution in [-0.2, 0) is 0 Å². The van der Waals surface area contributed by atoms with E-state index < -0.39 is 5.97 Å². The Balaban J connectivity index is 2.13. The number of nitrogens with one attached hydrogen (secondary N) is 1. The molecule has 0 spiro atoms. The number of carbonyl (C=O) groups is 2. The molecule has 1 amide bonds. The summed E-state index contributed by atoms with van der Waals surface area (Å²) < 4.78 is 0. The number of rotatable bonds is 3. The number of pyridine rings is 1. The Hall–Kier alpha value is -2.21. The summed E-state index contributed by atoms with van der Waals surface area (Å²) in [4.78, 5) is 26.2. The molecular weight excluding hydrogens is 252 g/mol. The number of carboxylic acids is 1. The van der Waals surface area contributed by atoms with Crippen LogP contribution in [0.2, 0.25) is 0 Å². The molecule has 6 heteroatoms. The minimum Gasteiger partial charge on any atom is -0.477 e. The summed E-state index contributed by atoms with van der Waals surface area (Å²) in [5.41, 5.74) is 1.94. The molecule has 2 N–H and O–H groups in total. The molecule has 92 valence electrons. The van der Waals surface area contributed by atoms with E-state index >= 15 is 0 Å². The van der Waals surface area contributed by atoms with Gasteiger partial charge in [-0.1, -0.05) is 0 Å². The van der Waals surface area contributed by atoms with Crippen molar-refractivity contribution in [2.24, 2.45) is 0 Å². The molecule has 0 atom stereocenters. The molecule has 0 saturated heterocycles.